The van der Waals surface area contributed by atoms with Crippen molar-refractivity contribution < 1.29 is 0 Å². The van der Waals surface area contributed by atoms with Crippen molar-refractivity contribution in [1.29, 1.82) is 0 Å². The first-order valence-electron chi connectivity index (χ1n) is 18.5. The van der Waals surface area contributed by atoms with Crippen molar-refractivity contribution in [2.45, 2.75) is 0 Å². The summed E-state index contributed by atoms with van der Waals surface area (Å²) in [6.07, 6.45) is 2.03. The van der Waals surface area contributed by atoms with E-state index in [1.54, 1.807) is 0 Å². The lowest BCUT2D eigenvalue weighted by atomic mass is 9.97. The first-order valence-corrected chi connectivity index (χ1v) is 18.5. The van der Waals surface area contributed by atoms with E-state index in [9.17, 15) is 0 Å². The van der Waals surface area contributed by atoms with Gasteiger partial charge in [0.15, 0.2) is 11.5 Å². The molecule has 0 saturated carbocycles. The minimum atomic E-state index is 0.703. The van der Waals surface area contributed by atoms with Crippen LogP contribution in [0.5, 0.6) is 0 Å². The number of rotatable bonds is 5. The molecule has 0 radical (unpaired) electrons. The molecule has 0 amide bonds. The van der Waals surface area contributed by atoms with E-state index in [0.717, 1.165) is 94.2 Å². The van der Waals surface area contributed by atoms with Gasteiger partial charge in [0.1, 0.15) is 11.2 Å². The Labute approximate surface area is 316 Å². The molecule has 11 rings (SSSR count). The number of benzene rings is 7. The number of nitrogens with zero attached hydrogens (tertiary/aromatic N) is 5. The van der Waals surface area contributed by atoms with Crippen molar-refractivity contribution in [3.63, 3.8) is 0 Å². The monoisotopic (exact) mass is 701 g/mol. The number of hydrogen-bond donors (Lipinski definition) is 0. The van der Waals surface area contributed by atoms with Crippen LogP contribution in [0.1, 0.15) is 0 Å². The highest BCUT2D eigenvalue weighted by atomic mass is 15.1. The molecule has 0 unspecified atom stereocenters. The van der Waals surface area contributed by atoms with Crippen LogP contribution in [0.4, 0.5) is 0 Å². The van der Waals surface area contributed by atoms with Gasteiger partial charge in [-0.2, -0.15) is 0 Å². The molecule has 5 nitrogen and oxygen atoms in total. The second-order valence-corrected chi connectivity index (χ2v) is 13.9. The fraction of sp³-hybridized carbons (Fsp3) is 0. The standard InChI is InChI=1S/C50H31N5/c1-3-18-38-33(12-1)14-10-22-40(38)45-31-44(51-49(52-45)43-23-11-15-34-13-2-4-19-39(34)43)37-17-9-16-36(30-37)32-25-27-35(28-26-32)47-41-20-5-6-21-42(41)48-50(54-47)55-29-8-7-24-46(55)53-48/h1-31H. The summed E-state index contributed by atoms with van der Waals surface area (Å²) in [7, 11) is 0. The molecule has 256 valence electrons. The summed E-state index contributed by atoms with van der Waals surface area (Å²) in [6, 6.07) is 63.7. The van der Waals surface area contributed by atoms with Gasteiger partial charge < -0.3 is 0 Å². The predicted molar refractivity (Wildman–Crippen MR) is 226 cm³/mol. The summed E-state index contributed by atoms with van der Waals surface area (Å²) in [5.41, 5.74) is 11.8. The molecule has 0 spiro atoms. The third-order valence-corrected chi connectivity index (χ3v) is 10.6. The molecular weight excluding hydrogens is 671 g/mol. The summed E-state index contributed by atoms with van der Waals surface area (Å²) >= 11 is 0. The van der Waals surface area contributed by atoms with Gasteiger partial charge >= 0.3 is 0 Å². The Morgan fingerprint density at radius 3 is 1.76 bits per heavy atom. The Hall–Kier alpha value is -7.50. The van der Waals surface area contributed by atoms with Gasteiger partial charge in [-0.3, -0.25) is 4.40 Å². The molecule has 0 saturated heterocycles. The molecule has 0 aliphatic carbocycles. The molecule has 0 aliphatic heterocycles. The first kappa shape index (κ1) is 31.1. The fourth-order valence-corrected chi connectivity index (χ4v) is 7.95. The van der Waals surface area contributed by atoms with Crippen LogP contribution in [0.2, 0.25) is 0 Å². The zero-order chi connectivity index (χ0) is 36.3. The number of pyridine rings is 2. The Balaban J connectivity index is 1.03. The maximum Gasteiger partial charge on any atom is 0.165 e. The summed E-state index contributed by atoms with van der Waals surface area (Å²) in [5, 5.41) is 6.81. The number of hydrogen-bond acceptors (Lipinski definition) is 4. The molecule has 0 atom stereocenters. The summed E-state index contributed by atoms with van der Waals surface area (Å²) in [6.45, 7) is 0. The van der Waals surface area contributed by atoms with E-state index >= 15 is 0 Å². The Morgan fingerprint density at radius 2 is 0.964 bits per heavy atom. The van der Waals surface area contributed by atoms with Gasteiger partial charge in [-0.15, -0.1) is 0 Å². The van der Waals surface area contributed by atoms with Crippen molar-refractivity contribution in [3.05, 3.63) is 188 Å². The van der Waals surface area contributed by atoms with E-state index in [1.165, 1.54) is 5.39 Å². The van der Waals surface area contributed by atoms with Crippen LogP contribution in [0.3, 0.4) is 0 Å². The maximum atomic E-state index is 5.26. The molecule has 0 aliphatic rings. The lowest BCUT2D eigenvalue weighted by Gasteiger charge is -2.13. The molecule has 0 N–H and O–H groups in total. The Morgan fingerprint density at radius 1 is 0.364 bits per heavy atom. The predicted octanol–water partition coefficient (Wildman–Crippen LogP) is 12.5. The summed E-state index contributed by atoms with van der Waals surface area (Å²) in [4.78, 5) is 20.6. The van der Waals surface area contributed by atoms with Crippen molar-refractivity contribution >= 4 is 49.1 Å². The zero-order valence-electron chi connectivity index (χ0n) is 29.6. The normalized spacial score (nSPS) is 11.6. The van der Waals surface area contributed by atoms with Crippen molar-refractivity contribution in [1.82, 2.24) is 24.3 Å². The molecule has 7 aromatic carbocycles. The van der Waals surface area contributed by atoms with Crippen LogP contribution in [-0.2, 0) is 0 Å². The lowest BCUT2D eigenvalue weighted by Crippen LogP contribution is -1.97. The smallest absolute Gasteiger partial charge is 0.165 e. The van der Waals surface area contributed by atoms with E-state index in [4.69, 9.17) is 19.9 Å². The second kappa shape index (κ2) is 12.6. The zero-order valence-corrected chi connectivity index (χ0v) is 29.6. The first-order chi connectivity index (χ1) is 27.2. The second-order valence-electron chi connectivity index (χ2n) is 13.9. The molecule has 5 heteroatoms. The molecule has 0 fully saturated rings. The van der Waals surface area contributed by atoms with E-state index < -0.39 is 0 Å². The lowest BCUT2D eigenvalue weighted by molar-refractivity contribution is 1.19. The van der Waals surface area contributed by atoms with Gasteiger partial charge in [-0.25, -0.2) is 19.9 Å². The average molecular weight is 702 g/mol. The number of fused-ring (bicyclic) bond motifs is 7. The molecule has 11 aromatic rings. The van der Waals surface area contributed by atoms with Crippen LogP contribution in [0, 0.1) is 0 Å². The quantitative estimate of drug-likeness (QED) is 0.179. The van der Waals surface area contributed by atoms with Crippen LogP contribution in [0.25, 0.3) is 105 Å². The molecule has 0 bridgehead atoms. The highest BCUT2D eigenvalue weighted by Gasteiger charge is 2.17. The van der Waals surface area contributed by atoms with Gasteiger partial charge in [0.25, 0.3) is 0 Å². The molecule has 55 heavy (non-hydrogen) atoms. The third-order valence-electron chi connectivity index (χ3n) is 10.6. The van der Waals surface area contributed by atoms with Crippen molar-refractivity contribution in [3.8, 4) is 56.3 Å². The number of aromatic nitrogens is 5. The maximum absolute atomic E-state index is 5.26. The third kappa shape index (κ3) is 5.24. The van der Waals surface area contributed by atoms with E-state index in [-0.39, 0.29) is 0 Å². The Bertz CT molecular complexity index is 3160. The highest BCUT2D eigenvalue weighted by Crippen LogP contribution is 2.37. The largest absolute Gasteiger partial charge is 0.284 e. The van der Waals surface area contributed by atoms with Crippen LogP contribution in [0.15, 0.2) is 188 Å². The van der Waals surface area contributed by atoms with Crippen LogP contribution >= 0.6 is 0 Å². The molecule has 4 heterocycles. The van der Waals surface area contributed by atoms with Crippen molar-refractivity contribution in [2.24, 2.45) is 0 Å². The van der Waals surface area contributed by atoms with Crippen LogP contribution < -0.4 is 0 Å². The highest BCUT2D eigenvalue weighted by molar-refractivity contribution is 6.09. The minimum absolute atomic E-state index is 0.703. The molecule has 4 aromatic heterocycles. The minimum Gasteiger partial charge on any atom is -0.284 e. The van der Waals surface area contributed by atoms with E-state index in [0.29, 0.717) is 5.82 Å². The van der Waals surface area contributed by atoms with Gasteiger partial charge in [0.2, 0.25) is 0 Å². The van der Waals surface area contributed by atoms with Gasteiger partial charge in [0.05, 0.1) is 17.1 Å². The van der Waals surface area contributed by atoms with E-state index in [1.807, 2.05) is 24.4 Å². The topological polar surface area (TPSA) is 56.0 Å². The summed E-state index contributed by atoms with van der Waals surface area (Å²) in [5.74, 6) is 0.703. The number of imidazole rings is 1. The average Bonchev–Trinajstić information content (AvgIpc) is 3.64. The van der Waals surface area contributed by atoms with Crippen molar-refractivity contribution in [2.75, 3.05) is 0 Å². The van der Waals surface area contributed by atoms with Gasteiger partial charge in [-0.1, -0.05) is 158 Å². The van der Waals surface area contributed by atoms with Crippen LogP contribution in [-0.4, -0.2) is 24.3 Å². The molecular formula is C50H31N5. The SMILES string of the molecule is c1cc(-c2ccc(-c3nc4c(nc5ccccn54)c4ccccc34)cc2)cc(-c2cc(-c3cccc4ccccc34)nc(-c3cccc4ccccc34)n2)c1. The van der Waals surface area contributed by atoms with Gasteiger partial charge in [0, 0.05) is 39.2 Å². The summed E-state index contributed by atoms with van der Waals surface area (Å²) < 4.78 is 2.07. The Kier molecular flexibility index (Phi) is 7.10. The van der Waals surface area contributed by atoms with E-state index in [2.05, 4.69) is 168 Å². The fourth-order valence-electron chi connectivity index (χ4n) is 7.95. The van der Waals surface area contributed by atoms with Gasteiger partial charge in [-0.05, 0) is 56.9 Å².